The van der Waals surface area contributed by atoms with Gasteiger partial charge in [-0.05, 0) is 57.8 Å². The molecule has 33 heavy (non-hydrogen) atoms. The molecule has 0 unspecified atom stereocenters. The van der Waals surface area contributed by atoms with E-state index in [1.807, 2.05) is 0 Å². The van der Waals surface area contributed by atoms with Crippen LogP contribution in [-0.2, 0) is 42.9 Å². The third-order valence-corrected chi connectivity index (χ3v) is 6.37. The zero-order valence-electron chi connectivity index (χ0n) is 19.8. The number of hydrogen-bond acceptors (Lipinski definition) is 9. The highest BCUT2D eigenvalue weighted by Crippen LogP contribution is 2.49. The van der Waals surface area contributed by atoms with E-state index in [0.29, 0.717) is 29.6 Å². The van der Waals surface area contributed by atoms with Gasteiger partial charge in [-0.15, -0.1) is 0 Å². The Morgan fingerprint density at radius 3 is 2.52 bits per heavy atom. The summed E-state index contributed by atoms with van der Waals surface area (Å²) in [5, 5.41) is 0. The first-order valence-corrected chi connectivity index (χ1v) is 10.9. The number of carbonyl (C=O) groups excluding carboxylic acids is 4. The van der Waals surface area contributed by atoms with Gasteiger partial charge in [-0.1, -0.05) is 6.08 Å². The van der Waals surface area contributed by atoms with Gasteiger partial charge in [-0.25, -0.2) is 9.59 Å². The lowest BCUT2D eigenvalue weighted by Crippen LogP contribution is -2.41. The van der Waals surface area contributed by atoms with Gasteiger partial charge in [0.1, 0.15) is 24.4 Å². The van der Waals surface area contributed by atoms with E-state index in [1.54, 1.807) is 39.8 Å². The Hall–Kier alpha value is -2.94. The van der Waals surface area contributed by atoms with Crippen LogP contribution in [0.5, 0.6) is 0 Å². The predicted octanol–water partition coefficient (Wildman–Crippen LogP) is 2.83. The second kappa shape index (κ2) is 9.13. The van der Waals surface area contributed by atoms with Crippen LogP contribution in [0.1, 0.15) is 60.8 Å². The fraction of sp³-hybridized carbons (Fsp3) is 0.583. The van der Waals surface area contributed by atoms with Gasteiger partial charge in [0.2, 0.25) is 5.79 Å². The van der Waals surface area contributed by atoms with E-state index in [0.717, 1.165) is 0 Å². The van der Waals surface area contributed by atoms with Crippen molar-refractivity contribution in [2.24, 2.45) is 0 Å². The van der Waals surface area contributed by atoms with Gasteiger partial charge in [0, 0.05) is 19.4 Å². The Kier molecular flexibility index (Phi) is 6.83. The number of ether oxygens (including phenoxy) is 5. The average Bonchev–Trinajstić information content (AvgIpc) is 3.17. The smallest absolute Gasteiger partial charge is 0.338 e. The molecule has 0 N–H and O–H groups in total. The molecule has 0 radical (unpaired) electrons. The molecule has 3 aliphatic heterocycles. The number of rotatable bonds is 5. The average molecular weight is 462 g/mol. The van der Waals surface area contributed by atoms with Crippen LogP contribution in [0.15, 0.2) is 34.4 Å². The Balaban J connectivity index is 2.05. The third kappa shape index (κ3) is 4.88. The second-order valence-electron chi connectivity index (χ2n) is 8.79. The van der Waals surface area contributed by atoms with Gasteiger partial charge < -0.3 is 23.7 Å². The van der Waals surface area contributed by atoms with E-state index in [2.05, 4.69) is 0 Å². The molecule has 0 spiro atoms. The van der Waals surface area contributed by atoms with Crippen molar-refractivity contribution in [1.29, 1.82) is 0 Å². The minimum Gasteiger partial charge on any atom is -0.461 e. The molecule has 3 heterocycles. The zero-order valence-corrected chi connectivity index (χ0v) is 19.8. The van der Waals surface area contributed by atoms with Crippen molar-refractivity contribution in [1.82, 2.24) is 0 Å². The molecule has 0 amide bonds. The van der Waals surface area contributed by atoms with E-state index in [9.17, 15) is 19.2 Å². The van der Waals surface area contributed by atoms with Crippen LogP contribution in [0, 0.1) is 0 Å². The monoisotopic (exact) mass is 462 g/mol. The van der Waals surface area contributed by atoms with Crippen molar-refractivity contribution < 1.29 is 42.9 Å². The van der Waals surface area contributed by atoms with Crippen molar-refractivity contribution in [2.75, 3.05) is 6.61 Å². The summed E-state index contributed by atoms with van der Waals surface area (Å²) in [4.78, 5) is 48.4. The van der Waals surface area contributed by atoms with Gasteiger partial charge in [0.05, 0.1) is 12.0 Å². The maximum atomic E-state index is 12.5. The maximum absolute atomic E-state index is 12.5. The van der Waals surface area contributed by atoms with Crippen molar-refractivity contribution >= 4 is 23.9 Å². The van der Waals surface area contributed by atoms with Gasteiger partial charge in [-0.3, -0.25) is 9.59 Å². The molecule has 9 nitrogen and oxygen atoms in total. The molecule has 180 valence electrons. The molecule has 3 aliphatic rings. The SMILES string of the molecule is C/C=C(\C)C(=O)O[C@@H]1C[C@]2(OC(C)=O)O[C@]1(C)CCC1=C(COC(C)=O)C(=O)O[C@@H]1/C=C/2C. The van der Waals surface area contributed by atoms with E-state index in [4.69, 9.17) is 23.7 Å². The number of esters is 4. The van der Waals surface area contributed by atoms with E-state index in [-0.39, 0.29) is 18.6 Å². The molecular weight excluding hydrogens is 432 g/mol. The zero-order chi connectivity index (χ0) is 24.6. The Morgan fingerprint density at radius 1 is 1.21 bits per heavy atom. The quantitative estimate of drug-likeness (QED) is 0.263. The lowest BCUT2D eigenvalue weighted by atomic mass is 9.86. The predicted molar refractivity (Wildman–Crippen MR) is 114 cm³/mol. The van der Waals surface area contributed by atoms with Crippen LogP contribution in [0.4, 0.5) is 0 Å². The first-order valence-electron chi connectivity index (χ1n) is 10.9. The second-order valence-corrected chi connectivity index (χ2v) is 8.79. The summed E-state index contributed by atoms with van der Waals surface area (Å²) in [7, 11) is 0. The normalized spacial score (nSPS) is 33.1. The molecule has 0 aromatic heterocycles. The van der Waals surface area contributed by atoms with E-state index in [1.165, 1.54) is 13.8 Å². The molecule has 3 rings (SSSR count). The van der Waals surface area contributed by atoms with Crippen molar-refractivity contribution in [3.05, 3.63) is 34.4 Å². The highest BCUT2D eigenvalue weighted by molar-refractivity contribution is 5.93. The lowest BCUT2D eigenvalue weighted by molar-refractivity contribution is -0.226. The van der Waals surface area contributed by atoms with Crippen LogP contribution in [0.25, 0.3) is 0 Å². The number of hydrogen-bond donors (Lipinski definition) is 0. The summed E-state index contributed by atoms with van der Waals surface area (Å²) in [6.07, 6.45) is 2.72. The van der Waals surface area contributed by atoms with E-state index >= 15 is 0 Å². The van der Waals surface area contributed by atoms with Crippen LogP contribution < -0.4 is 0 Å². The summed E-state index contributed by atoms with van der Waals surface area (Å²) in [6, 6.07) is 0. The molecule has 2 bridgehead atoms. The number of allylic oxidation sites excluding steroid dienone is 1. The largest absolute Gasteiger partial charge is 0.461 e. The van der Waals surface area contributed by atoms with Crippen LogP contribution in [-0.4, -0.2) is 54.1 Å². The summed E-state index contributed by atoms with van der Waals surface area (Å²) in [6.45, 7) is 9.24. The molecule has 0 aromatic rings. The lowest BCUT2D eigenvalue weighted by Gasteiger charge is -2.33. The molecular formula is C24H30O9. The van der Waals surface area contributed by atoms with Gasteiger partial charge >= 0.3 is 23.9 Å². The van der Waals surface area contributed by atoms with Crippen LogP contribution >= 0.6 is 0 Å². The molecule has 1 fully saturated rings. The maximum Gasteiger partial charge on any atom is 0.338 e. The van der Waals surface area contributed by atoms with Crippen molar-refractivity contribution in [2.45, 2.75) is 84.4 Å². The molecule has 1 saturated heterocycles. The third-order valence-electron chi connectivity index (χ3n) is 6.37. The summed E-state index contributed by atoms with van der Waals surface area (Å²) >= 11 is 0. The number of carbonyl (C=O) groups is 4. The van der Waals surface area contributed by atoms with Crippen LogP contribution in [0.2, 0.25) is 0 Å². The summed E-state index contributed by atoms with van der Waals surface area (Å²) in [5.41, 5.74) is 0.874. The van der Waals surface area contributed by atoms with E-state index < -0.39 is 47.5 Å². The fourth-order valence-corrected chi connectivity index (χ4v) is 4.33. The molecule has 0 aliphatic carbocycles. The standard InChI is InChI=1S/C24H30O9/c1-7-13(2)21(27)31-20-11-24(32-16(5)26)14(3)10-19-17(8-9-23(20,6)33-24)18(22(28)30-19)12-29-15(4)25/h7,10,19-20H,8-9,11-12H2,1-6H3/b13-7+,14-10+/t19-,20-,23-,24+/m1/s1. The Morgan fingerprint density at radius 2 is 1.91 bits per heavy atom. The summed E-state index contributed by atoms with van der Waals surface area (Å²) < 4.78 is 28.4. The Bertz CT molecular complexity index is 972. The fourth-order valence-electron chi connectivity index (χ4n) is 4.33. The van der Waals surface area contributed by atoms with Gasteiger partial charge in [0.15, 0.2) is 0 Å². The van der Waals surface area contributed by atoms with Gasteiger partial charge in [-0.2, -0.15) is 0 Å². The molecule has 4 atom stereocenters. The minimum atomic E-state index is -1.48. The van der Waals surface area contributed by atoms with Crippen LogP contribution in [0.3, 0.4) is 0 Å². The van der Waals surface area contributed by atoms with Crippen molar-refractivity contribution in [3.63, 3.8) is 0 Å². The number of fused-ring (bicyclic) bond motifs is 3. The van der Waals surface area contributed by atoms with Crippen molar-refractivity contribution in [3.8, 4) is 0 Å². The summed E-state index contributed by atoms with van der Waals surface area (Å²) in [5.74, 6) is -3.59. The minimum absolute atomic E-state index is 0.105. The molecule has 9 heteroatoms. The van der Waals surface area contributed by atoms with Gasteiger partial charge in [0.25, 0.3) is 0 Å². The molecule has 0 saturated carbocycles. The highest BCUT2D eigenvalue weighted by Gasteiger charge is 2.59. The Labute approximate surface area is 192 Å². The topological polar surface area (TPSA) is 114 Å². The highest BCUT2D eigenvalue weighted by atomic mass is 16.7. The molecule has 0 aromatic carbocycles. The first-order chi connectivity index (χ1) is 15.4. The first kappa shape index (κ1) is 24.7.